The van der Waals surface area contributed by atoms with E-state index in [0.717, 1.165) is 25.7 Å². The monoisotopic (exact) mass is 195 g/mol. The first-order chi connectivity index (χ1) is 6.75. The van der Waals surface area contributed by atoms with Gasteiger partial charge in [0.1, 0.15) is 5.78 Å². The van der Waals surface area contributed by atoms with E-state index in [0.29, 0.717) is 18.6 Å². The fourth-order valence-electron chi connectivity index (χ4n) is 2.07. The predicted octanol–water partition coefficient (Wildman–Crippen LogP) is 1.41. The number of rotatable bonds is 2. The van der Waals surface area contributed by atoms with E-state index >= 15 is 0 Å². The Bertz CT molecular complexity index is 236. The van der Waals surface area contributed by atoms with Crippen molar-refractivity contribution in [1.82, 2.24) is 5.32 Å². The summed E-state index contributed by atoms with van der Waals surface area (Å²) in [4.78, 5) is 22.6. The highest BCUT2D eigenvalue weighted by atomic mass is 16.2. The molecule has 2 rings (SSSR count). The molecule has 0 bridgehead atoms. The lowest BCUT2D eigenvalue weighted by Gasteiger charge is -2.28. The molecule has 78 valence electrons. The van der Waals surface area contributed by atoms with Gasteiger partial charge in [-0.25, -0.2) is 0 Å². The van der Waals surface area contributed by atoms with Crippen molar-refractivity contribution in [3.63, 3.8) is 0 Å². The van der Waals surface area contributed by atoms with E-state index in [9.17, 15) is 9.59 Å². The lowest BCUT2D eigenvalue weighted by atomic mass is 9.84. The van der Waals surface area contributed by atoms with Gasteiger partial charge in [-0.1, -0.05) is 6.42 Å². The van der Waals surface area contributed by atoms with Crippen molar-refractivity contribution in [3.8, 4) is 0 Å². The molecule has 0 unspecified atom stereocenters. The van der Waals surface area contributed by atoms with Gasteiger partial charge in [-0.15, -0.1) is 0 Å². The molecule has 2 saturated carbocycles. The summed E-state index contributed by atoms with van der Waals surface area (Å²) in [6, 6.07) is 0.265. The van der Waals surface area contributed by atoms with Crippen molar-refractivity contribution in [2.45, 2.75) is 51.0 Å². The van der Waals surface area contributed by atoms with Crippen LogP contribution in [0.25, 0.3) is 0 Å². The molecule has 0 atom stereocenters. The van der Waals surface area contributed by atoms with Gasteiger partial charge in [0.2, 0.25) is 5.91 Å². The number of amides is 1. The molecule has 1 N–H and O–H groups in total. The minimum Gasteiger partial charge on any atom is -0.353 e. The molecule has 14 heavy (non-hydrogen) atoms. The van der Waals surface area contributed by atoms with Crippen LogP contribution < -0.4 is 5.32 Å². The summed E-state index contributed by atoms with van der Waals surface area (Å²) < 4.78 is 0. The van der Waals surface area contributed by atoms with Crippen LogP contribution in [0.5, 0.6) is 0 Å². The lowest BCUT2D eigenvalue weighted by Crippen LogP contribution is -2.42. The van der Waals surface area contributed by atoms with Crippen LogP contribution in [0.3, 0.4) is 0 Å². The molecule has 0 radical (unpaired) electrons. The molecule has 0 aromatic carbocycles. The van der Waals surface area contributed by atoms with Gasteiger partial charge >= 0.3 is 0 Å². The van der Waals surface area contributed by atoms with Gasteiger partial charge in [0.15, 0.2) is 0 Å². The molecule has 1 amide bonds. The zero-order chi connectivity index (χ0) is 9.97. The van der Waals surface area contributed by atoms with E-state index in [2.05, 4.69) is 5.32 Å². The van der Waals surface area contributed by atoms with Crippen LogP contribution in [0.1, 0.15) is 44.9 Å². The third-order valence-electron chi connectivity index (χ3n) is 3.37. The Morgan fingerprint density at radius 3 is 2.29 bits per heavy atom. The van der Waals surface area contributed by atoms with Crippen molar-refractivity contribution in [2.75, 3.05) is 0 Å². The average Bonchev–Trinajstić information content (AvgIpc) is 2.06. The first-order valence-corrected chi connectivity index (χ1v) is 5.58. The summed E-state index contributed by atoms with van der Waals surface area (Å²) in [6.45, 7) is 0. The van der Waals surface area contributed by atoms with E-state index < -0.39 is 0 Å². The van der Waals surface area contributed by atoms with Crippen LogP contribution in [0.15, 0.2) is 0 Å². The Morgan fingerprint density at radius 2 is 1.79 bits per heavy atom. The Hall–Kier alpha value is -0.860. The molecule has 0 saturated heterocycles. The molecule has 2 fully saturated rings. The minimum atomic E-state index is 0.218. The van der Waals surface area contributed by atoms with Gasteiger partial charge in [-0.05, 0) is 25.7 Å². The quantitative estimate of drug-likeness (QED) is 0.724. The normalized spacial score (nSPS) is 24.4. The van der Waals surface area contributed by atoms with Crippen molar-refractivity contribution >= 4 is 11.7 Å². The standard InChI is InChI=1S/C11H17NO2/c13-10-6-4-9(5-7-10)12-11(14)8-2-1-3-8/h8-9H,1-7H2,(H,12,14). The van der Waals surface area contributed by atoms with Crippen LogP contribution in [0, 0.1) is 5.92 Å². The Labute approximate surface area is 84.2 Å². The Kier molecular flexibility index (Phi) is 2.85. The first-order valence-electron chi connectivity index (χ1n) is 5.58. The number of nitrogens with one attached hydrogen (secondary N) is 1. The molecule has 0 spiro atoms. The topological polar surface area (TPSA) is 46.2 Å². The van der Waals surface area contributed by atoms with Gasteiger partial charge in [-0.3, -0.25) is 9.59 Å². The largest absolute Gasteiger partial charge is 0.353 e. The molecule has 2 aliphatic rings. The highest BCUT2D eigenvalue weighted by Crippen LogP contribution is 2.27. The number of ketones is 1. The summed E-state index contributed by atoms with van der Waals surface area (Å²) in [7, 11) is 0. The third-order valence-corrected chi connectivity index (χ3v) is 3.37. The zero-order valence-electron chi connectivity index (χ0n) is 8.42. The van der Waals surface area contributed by atoms with E-state index in [1.54, 1.807) is 0 Å². The first kappa shape index (κ1) is 9.69. The maximum absolute atomic E-state index is 11.6. The summed E-state index contributed by atoms with van der Waals surface area (Å²) in [5, 5.41) is 3.05. The van der Waals surface area contributed by atoms with E-state index in [1.807, 2.05) is 0 Å². The van der Waals surface area contributed by atoms with Gasteiger partial charge in [0.25, 0.3) is 0 Å². The fraction of sp³-hybridized carbons (Fsp3) is 0.818. The van der Waals surface area contributed by atoms with Crippen LogP contribution >= 0.6 is 0 Å². The van der Waals surface area contributed by atoms with Crippen LogP contribution in [-0.4, -0.2) is 17.7 Å². The van der Waals surface area contributed by atoms with Gasteiger partial charge in [0, 0.05) is 24.8 Å². The summed E-state index contributed by atoms with van der Waals surface area (Å²) in [5.74, 6) is 0.836. The van der Waals surface area contributed by atoms with Gasteiger partial charge in [-0.2, -0.15) is 0 Å². The highest BCUT2D eigenvalue weighted by molar-refractivity contribution is 5.81. The molecule has 0 aromatic rings. The molecular formula is C11H17NO2. The summed E-state index contributed by atoms with van der Waals surface area (Å²) in [6.07, 6.45) is 6.29. The molecular weight excluding hydrogens is 178 g/mol. The molecule has 0 heterocycles. The number of hydrogen-bond donors (Lipinski definition) is 1. The number of carbonyl (C=O) groups is 2. The predicted molar refractivity (Wildman–Crippen MR) is 52.7 cm³/mol. The van der Waals surface area contributed by atoms with Crippen molar-refractivity contribution < 1.29 is 9.59 Å². The van der Waals surface area contributed by atoms with Gasteiger partial charge < -0.3 is 5.32 Å². The Morgan fingerprint density at radius 1 is 1.14 bits per heavy atom. The second-order valence-electron chi connectivity index (χ2n) is 4.45. The number of Topliss-reactive ketones (excluding diaryl/α,β-unsaturated/α-hetero) is 1. The number of hydrogen-bond acceptors (Lipinski definition) is 2. The SMILES string of the molecule is O=C1CCC(NC(=O)C2CCC2)CC1. The highest BCUT2D eigenvalue weighted by Gasteiger charge is 2.28. The summed E-state index contributed by atoms with van der Waals surface area (Å²) in [5.41, 5.74) is 0. The minimum absolute atomic E-state index is 0.218. The molecule has 3 nitrogen and oxygen atoms in total. The number of carbonyl (C=O) groups excluding carboxylic acids is 2. The van der Waals surface area contributed by atoms with Crippen LogP contribution in [0.2, 0.25) is 0 Å². The van der Waals surface area contributed by atoms with E-state index in [1.165, 1.54) is 6.42 Å². The Balaban J connectivity index is 1.74. The van der Waals surface area contributed by atoms with Gasteiger partial charge in [0.05, 0.1) is 0 Å². The van der Waals surface area contributed by atoms with E-state index in [4.69, 9.17) is 0 Å². The fourth-order valence-corrected chi connectivity index (χ4v) is 2.07. The van der Waals surface area contributed by atoms with Crippen molar-refractivity contribution in [1.29, 1.82) is 0 Å². The van der Waals surface area contributed by atoms with E-state index in [-0.39, 0.29) is 17.9 Å². The lowest BCUT2D eigenvalue weighted by molar-refractivity contribution is -0.129. The van der Waals surface area contributed by atoms with Crippen molar-refractivity contribution in [3.05, 3.63) is 0 Å². The molecule has 3 heteroatoms. The smallest absolute Gasteiger partial charge is 0.223 e. The molecule has 0 aliphatic heterocycles. The second-order valence-corrected chi connectivity index (χ2v) is 4.45. The summed E-state index contributed by atoms with van der Waals surface area (Å²) >= 11 is 0. The zero-order valence-corrected chi connectivity index (χ0v) is 8.42. The third kappa shape index (κ3) is 2.14. The van der Waals surface area contributed by atoms with Crippen LogP contribution in [0.4, 0.5) is 0 Å². The maximum Gasteiger partial charge on any atom is 0.223 e. The second kappa shape index (κ2) is 4.11. The maximum atomic E-state index is 11.6. The average molecular weight is 195 g/mol. The molecule has 0 aromatic heterocycles. The van der Waals surface area contributed by atoms with Crippen molar-refractivity contribution in [2.24, 2.45) is 5.92 Å². The van der Waals surface area contributed by atoms with Crippen LogP contribution in [-0.2, 0) is 9.59 Å². The molecule has 2 aliphatic carbocycles.